The van der Waals surface area contributed by atoms with Gasteiger partial charge in [0.2, 0.25) is 0 Å². The Bertz CT molecular complexity index is 1160. The third-order valence-electron chi connectivity index (χ3n) is 9.51. The molecule has 224 valence electrons. The highest BCUT2D eigenvalue weighted by atomic mass is 35.5. The molecule has 2 saturated heterocycles. The van der Waals surface area contributed by atoms with Crippen LogP contribution in [0.25, 0.3) is 0 Å². The summed E-state index contributed by atoms with van der Waals surface area (Å²) in [7, 11) is 1.84. The number of piperidine rings is 2. The van der Waals surface area contributed by atoms with Crippen molar-refractivity contribution in [1.29, 1.82) is 0 Å². The summed E-state index contributed by atoms with van der Waals surface area (Å²) >= 11 is 12.8. The fourth-order valence-electron chi connectivity index (χ4n) is 7.15. The van der Waals surface area contributed by atoms with Crippen molar-refractivity contribution >= 4 is 35.0 Å². The summed E-state index contributed by atoms with van der Waals surface area (Å²) in [5.74, 6) is 0.241. The zero-order valence-corrected chi connectivity index (χ0v) is 26.4. The van der Waals surface area contributed by atoms with Gasteiger partial charge in [-0.15, -0.1) is 0 Å². The standard InChI is InChI=1S/C32H46Cl2N5O2/c1-4-38(5-2)31(41)32(15-18-35-19-16-32)39(20-9-6-10-21-39)22-14-26(25-12-13-27(33)28(34)23-25)24-37(3)30(40)29-11-7-8-17-36-29/h7-8,11-13,17,23,26,35H,4-6,9-10,14-16,18-22,24H2,1-3H3/q+1. The number of rotatable bonds is 11. The number of amides is 2. The molecule has 7 nitrogen and oxygen atoms in total. The largest absolute Gasteiger partial charge is 0.340 e. The number of carbonyl (C=O) groups excluding carboxylic acids is 2. The van der Waals surface area contributed by atoms with Gasteiger partial charge in [-0.3, -0.25) is 14.6 Å². The van der Waals surface area contributed by atoms with Crippen molar-refractivity contribution in [3.8, 4) is 0 Å². The highest BCUT2D eigenvalue weighted by Gasteiger charge is 2.57. The summed E-state index contributed by atoms with van der Waals surface area (Å²) in [6.07, 6.45) is 7.68. The lowest BCUT2D eigenvalue weighted by molar-refractivity contribution is -0.972. The first-order chi connectivity index (χ1) is 19.8. The molecule has 9 heteroatoms. The number of hydrogen-bond acceptors (Lipinski definition) is 4. The normalized spacial score (nSPS) is 18.9. The summed E-state index contributed by atoms with van der Waals surface area (Å²) < 4.78 is 0.833. The van der Waals surface area contributed by atoms with Crippen LogP contribution >= 0.6 is 23.2 Å². The van der Waals surface area contributed by atoms with E-state index in [-0.39, 0.29) is 11.8 Å². The lowest BCUT2D eigenvalue weighted by Crippen LogP contribution is -2.74. The molecule has 1 atom stereocenters. The molecule has 2 aromatic rings. The van der Waals surface area contributed by atoms with Gasteiger partial charge in [0.05, 0.1) is 29.7 Å². The van der Waals surface area contributed by atoms with Crippen molar-refractivity contribution < 1.29 is 14.1 Å². The molecular formula is C32H46Cl2N5O2+. The summed E-state index contributed by atoms with van der Waals surface area (Å²) in [5, 5.41) is 4.56. The topological polar surface area (TPSA) is 65.5 Å². The Kier molecular flexibility index (Phi) is 11.1. The summed E-state index contributed by atoms with van der Waals surface area (Å²) in [6.45, 7) is 10.8. The zero-order valence-electron chi connectivity index (χ0n) is 24.9. The molecule has 0 bridgehead atoms. The van der Waals surface area contributed by atoms with Crippen LogP contribution in [0.1, 0.15) is 74.3 Å². The van der Waals surface area contributed by atoms with Crippen molar-refractivity contribution in [1.82, 2.24) is 20.1 Å². The lowest BCUT2D eigenvalue weighted by atomic mass is 9.79. The molecule has 2 amide bonds. The molecule has 1 aromatic heterocycles. The molecule has 0 aliphatic carbocycles. The van der Waals surface area contributed by atoms with Gasteiger partial charge in [0.15, 0.2) is 5.54 Å². The van der Waals surface area contributed by atoms with E-state index in [2.05, 4.69) is 29.0 Å². The minimum atomic E-state index is -0.421. The Morgan fingerprint density at radius 3 is 2.34 bits per heavy atom. The quantitative estimate of drug-likeness (QED) is 0.339. The second-order valence-electron chi connectivity index (χ2n) is 11.7. The van der Waals surface area contributed by atoms with Gasteiger partial charge < -0.3 is 19.6 Å². The third-order valence-corrected chi connectivity index (χ3v) is 10.2. The number of aromatic nitrogens is 1. The van der Waals surface area contributed by atoms with Gasteiger partial charge in [-0.25, -0.2) is 0 Å². The van der Waals surface area contributed by atoms with E-state index in [1.54, 1.807) is 17.2 Å². The van der Waals surface area contributed by atoms with E-state index >= 15 is 0 Å². The molecule has 3 heterocycles. The van der Waals surface area contributed by atoms with Crippen molar-refractivity contribution in [2.75, 3.05) is 59.4 Å². The minimum Gasteiger partial charge on any atom is -0.340 e. The predicted octanol–water partition coefficient (Wildman–Crippen LogP) is 5.63. The Morgan fingerprint density at radius 2 is 1.73 bits per heavy atom. The summed E-state index contributed by atoms with van der Waals surface area (Å²) in [4.78, 5) is 35.8. The van der Waals surface area contributed by atoms with Crippen molar-refractivity contribution in [2.45, 2.75) is 63.8 Å². The molecule has 0 saturated carbocycles. The zero-order chi connectivity index (χ0) is 29.5. The average Bonchev–Trinajstić information content (AvgIpc) is 3.01. The lowest BCUT2D eigenvalue weighted by Gasteiger charge is -2.57. The summed E-state index contributed by atoms with van der Waals surface area (Å²) in [6, 6.07) is 11.2. The number of carbonyl (C=O) groups is 2. The third kappa shape index (κ3) is 6.90. The molecule has 4 rings (SSSR count). The van der Waals surface area contributed by atoms with Crippen LogP contribution in [-0.4, -0.2) is 96.0 Å². The van der Waals surface area contributed by atoms with Gasteiger partial charge in [0, 0.05) is 71.1 Å². The number of nitrogens with one attached hydrogen (secondary N) is 1. The highest BCUT2D eigenvalue weighted by molar-refractivity contribution is 6.42. The number of quaternary nitrogens is 1. The first kappa shape index (κ1) is 31.7. The van der Waals surface area contributed by atoms with Crippen LogP contribution in [0.15, 0.2) is 42.6 Å². The molecule has 41 heavy (non-hydrogen) atoms. The minimum absolute atomic E-state index is 0.0293. The Hall–Kier alpha value is -2.19. The highest BCUT2D eigenvalue weighted by Crippen LogP contribution is 2.41. The maximum Gasteiger partial charge on any atom is 0.284 e. The number of nitrogens with zero attached hydrogens (tertiary/aromatic N) is 4. The van der Waals surface area contributed by atoms with Gasteiger partial charge in [0.25, 0.3) is 11.8 Å². The van der Waals surface area contributed by atoms with Crippen LogP contribution < -0.4 is 5.32 Å². The smallest absolute Gasteiger partial charge is 0.284 e. The molecule has 0 radical (unpaired) electrons. The molecule has 1 N–H and O–H groups in total. The first-order valence-corrected chi connectivity index (χ1v) is 16.0. The van der Waals surface area contributed by atoms with E-state index in [9.17, 15) is 9.59 Å². The van der Waals surface area contributed by atoms with E-state index in [0.717, 1.165) is 88.0 Å². The van der Waals surface area contributed by atoms with Gasteiger partial charge >= 0.3 is 0 Å². The van der Waals surface area contributed by atoms with E-state index in [1.165, 1.54) is 6.42 Å². The van der Waals surface area contributed by atoms with Crippen molar-refractivity contribution in [3.05, 3.63) is 63.9 Å². The number of pyridine rings is 1. The molecule has 0 spiro atoms. The molecule has 2 fully saturated rings. The molecule has 2 aliphatic heterocycles. The Labute approximate surface area is 255 Å². The van der Waals surface area contributed by atoms with Crippen LogP contribution in [0, 0.1) is 0 Å². The molecule has 1 aromatic carbocycles. The Balaban J connectivity index is 1.67. The molecule has 2 aliphatic rings. The van der Waals surface area contributed by atoms with Gasteiger partial charge in [-0.05, 0) is 62.9 Å². The van der Waals surface area contributed by atoms with Gasteiger partial charge in [-0.1, -0.05) is 35.3 Å². The fourth-order valence-corrected chi connectivity index (χ4v) is 7.46. The van der Waals surface area contributed by atoms with Crippen molar-refractivity contribution in [3.63, 3.8) is 0 Å². The number of likely N-dealkylation sites (tertiary alicyclic amines) is 1. The second kappa shape index (κ2) is 14.3. The number of benzene rings is 1. The first-order valence-electron chi connectivity index (χ1n) is 15.2. The number of halogens is 2. The van der Waals surface area contributed by atoms with Crippen LogP contribution in [0.3, 0.4) is 0 Å². The summed E-state index contributed by atoms with van der Waals surface area (Å²) in [5.41, 5.74) is 1.07. The number of hydrogen-bond donors (Lipinski definition) is 1. The van der Waals surface area contributed by atoms with E-state index < -0.39 is 5.54 Å². The van der Waals surface area contributed by atoms with Crippen molar-refractivity contribution in [2.24, 2.45) is 0 Å². The van der Waals surface area contributed by atoms with Crippen LogP contribution in [0.4, 0.5) is 0 Å². The average molecular weight is 604 g/mol. The van der Waals surface area contributed by atoms with E-state index in [4.69, 9.17) is 23.2 Å². The second-order valence-corrected chi connectivity index (χ2v) is 12.5. The SMILES string of the molecule is CCN(CC)C(=O)C1([N+]2(CCC(CN(C)C(=O)c3ccccn3)c3ccc(Cl)c(Cl)c3)CCCCC2)CCNCC1. The monoisotopic (exact) mass is 602 g/mol. The van der Waals surface area contributed by atoms with E-state index in [0.29, 0.717) is 28.2 Å². The van der Waals surface area contributed by atoms with E-state index in [1.807, 2.05) is 37.4 Å². The maximum atomic E-state index is 14.4. The number of likely N-dealkylation sites (N-methyl/N-ethyl adjacent to an activating group) is 2. The van der Waals surface area contributed by atoms with Crippen LogP contribution in [0.5, 0.6) is 0 Å². The van der Waals surface area contributed by atoms with Crippen LogP contribution in [-0.2, 0) is 4.79 Å². The van der Waals surface area contributed by atoms with Crippen LogP contribution in [0.2, 0.25) is 10.0 Å². The van der Waals surface area contributed by atoms with Gasteiger partial charge in [-0.2, -0.15) is 0 Å². The van der Waals surface area contributed by atoms with Gasteiger partial charge in [0.1, 0.15) is 5.69 Å². The predicted molar refractivity (Wildman–Crippen MR) is 166 cm³/mol. The Morgan fingerprint density at radius 1 is 1.02 bits per heavy atom. The fraction of sp³-hybridized carbons (Fsp3) is 0.594. The molecular weight excluding hydrogens is 557 g/mol. The molecule has 1 unspecified atom stereocenters. The maximum absolute atomic E-state index is 14.4.